The number of alkyl halides is 2. The zero-order valence-corrected chi connectivity index (χ0v) is 18.9. The molecule has 5 rings (SSSR count). The van der Waals surface area contributed by atoms with Gasteiger partial charge in [0.1, 0.15) is 24.0 Å². The molecular formula is C23H26F2N6O4. The molecule has 0 radical (unpaired) electrons. The molecule has 2 aliphatic rings. The number of nitrogens with zero attached hydrogens (tertiary/aromatic N) is 4. The molecule has 0 spiro atoms. The van der Waals surface area contributed by atoms with Crippen molar-refractivity contribution in [2.75, 3.05) is 6.61 Å². The van der Waals surface area contributed by atoms with Crippen molar-refractivity contribution in [3.63, 3.8) is 0 Å². The van der Waals surface area contributed by atoms with Crippen LogP contribution in [0.25, 0.3) is 5.52 Å². The summed E-state index contributed by atoms with van der Waals surface area (Å²) in [7, 11) is 0. The molecule has 3 aromatic rings. The van der Waals surface area contributed by atoms with Crippen LogP contribution in [-0.4, -0.2) is 56.4 Å². The number of pyridine rings is 1. The minimum absolute atomic E-state index is 0.0365. The number of fused-ring (bicyclic) bond motifs is 1. The van der Waals surface area contributed by atoms with Gasteiger partial charge in [0.05, 0.1) is 29.5 Å². The molecule has 3 heterocycles. The summed E-state index contributed by atoms with van der Waals surface area (Å²) < 4.78 is 38.9. The second-order valence-corrected chi connectivity index (χ2v) is 8.94. The van der Waals surface area contributed by atoms with Crippen LogP contribution in [0.1, 0.15) is 65.3 Å². The second kappa shape index (κ2) is 9.51. The first-order valence-electron chi connectivity index (χ1n) is 11.6. The predicted octanol–water partition coefficient (Wildman–Crippen LogP) is 2.73. The van der Waals surface area contributed by atoms with Gasteiger partial charge in [0, 0.05) is 12.2 Å². The molecule has 0 atom stereocenters. The number of aromatic nitrogens is 4. The monoisotopic (exact) mass is 488 g/mol. The van der Waals surface area contributed by atoms with Crippen molar-refractivity contribution in [1.29, 1.82) is 0 Å². The molecule has 0 aromatic carbocycles. The lowest BCUT2D eigenvalue weighted by atomic mass is 9.92. The summed E-state index contributed by atoms with van der Waals surface area (Å²) in [6.07, 6.45) is 6.73. The van der Waals surface area contributed by atoms with Crippen LogP contribution < -0.4 is 20.5 Å². The van der Waals surface area contributed by atoms with Crippen molar-refractivity contribution in [1.82, 2.24) is 24.7 Å². The molecule has 2 aliphatic carbocycles. The van der Waals surface area contributed by atoms with E-state index in [9.17, 15) is 18.4 Å². The molecule has 10 nitrogen and oxygen atoms in total. The first kappa shape index (κ1) is 23.1. The van der Waals surface area contributed by atoms with Gasteiger partial charge in [-0.1, -0.05) is 0 Å². The number of carbonyl (C=O) groups excluding carboxylic acids is 2. The molecule has 12 heteroatoms. The van der Waals surface area contributed by atoms with E-state index < -0.39 is 18.9 Å². The smallest absolute Gasteiger partial charge is 0.272 e. The maximum atomic E-state index is 12.9. The highest BCUT2D eigenvalue weighted by molar-refractivity contribution is 6.00. The number of amides is 2. The Morgan fingerprint density at radius 2 is 1.89 bits per heavy atom. The van der Waals surface area contributed by atoms with E-state index in [1.54, 1.807) is 16.9 Å². The number of primary amides is 1. The predicted molar refractivity (Wildman–Crippen MR) is 120 cm³/mol. The van der Waals surface area contributed by atoms with Gasteiger partial charge in [-0.3, -0.25) is 14.3 Å². The molecule has 35 heavy (non-hydrogen) atoms. The second-order valence-electron chi connectivity index (χ2n) is 8.94. The topological polar surface area (TPSA) is 126 Å². The molecule has 0 bridgehead atoms. The zero-order valence-electron chi connectivity index (χ0n) is 18.9. The zero-order chi connectivity index (χ0) is 24.5. The summed E-state index contributed by atoms with van der Waals surface area (Å²) >= 11 is 0. The fourth-order valence-electron chi connectivity index (χ4n) is 4.29. The Morgan fingerprint density at radius 1 is 1.11 bits per heavy atom. The maximum absolute atomic E-state index is 12.9. The van der Waals surface area contributed by atoms with E-state index in [2.05, 4.69) is 15.5 Å². The third-order valence-electron chi connectivity index (χ3n) is 6.28. The molecule has 186 valence electrons. The largest absolute Gasteiger partial charge is 0.486 e. The molecule has 3 N–H and O–H groups in total. The average molecular weight is 488 g/mol. The SMILES string of the molecule is NC(=O)c1cn(C2CC2)nc1OC1CCC(NC(=O)c2cnn3cc(OCC(F)F)ccc23)CC1. The number of nitrogens with two attached hydrogens (primary N) is 1. The van der Waals surface area contributed by atoms with Crippen LogP contribution in [-0.2, 0) is 0 Å². The van der Waals surface area contributed by atoms with Gasteiger partial charge in [-0.25, -0.2) is 13.3 Å². The lowest BCUT2D eigenvalue weighted by molar-refractivity contribution is 0.0816. The third-order valence-corrected chi connectivity index (χ3v) is 6.28. The van der Waals surface area contributed by atoms with E-state index >= 15 is 0 Å². The van der Waals surface area contributed by atoms with Crippen LogP contribution in [0.15, 0.2) is 30.7 Å². The highest BCUT2D eigenvalue weighted by Crippen LogP contribution is 2.36. The Bertz CT molecular complexity index is 1230. The number of carbonyl (C=O) groups is 2. The van der Waals surface area contributed by atoms with Gasteiger partial charge in [0.15, 0.2) is 0 Å². The van der Waals surface area contributed by atoms with Gasteiger partial charge in [0.2, 0.25) is 5.88 Å². The van der Waals surface area contributed by atoms with Gasteiger partial charge in [0.25, 0.3) is 18.2 Å². The Morgan fingerprint density at radius 3 is 2.57 bits per heavy atom. The Kier molecular flexibility index (Phi) is 6.27. The number of halogens is 2. The van der Waals surface area contributed by atoms with E-state index in [0.717, 1.165) is 12.8 Å². The van der Waals surface area contributed by atoms with Crippen LogP contribution in [0.5, 0.6) is 11.6 Å². The lowest BCUT2D eigenvalue weighted by Gasteiger charge is -2.29. The number of rotatable bonds is 9. The van der Waals surface area contributed by atoms with Crippen molar-refractivity contribution in [2.24, 2.45) is 5.73 Å². The summed E-state index contributed by atoms with van der Waals surface area (Å²) in [4.78, 5) is 24.6. The normalized spacial score (nSPS) is 20.2. The maximum Gasteiger partial charge on any atom is 0.272 e. The van der Waals surface area contributed by atoms with Gasteiger partial charge in [-0.05, 0) is 50.7 Å². The fourth-order valence-corrected chi connectivity index (χ4v) is 4.29. The number of nitrogens with one attached hydrogen (secondary N) is 1. The minimum Gasteiger partial charge on any atom is -0.486 e. The summed E-state index contributed by atoms with van der Waals surface area (Å²) in [5, 5.41) is 11.6. The molecule has 2 fully saturated rings. The molecule has 2 amide bonds. The van der Waals surface area contributed by atoms with Crippen molar-refractivity contribution in [2.45, 2.75) is 63.1 Å². The molecule has 0 saturated heterocycles. The number of ether oxygens (including phenoxy) is 2. The molecule has 0 aliphatic heterocycles. The van der Waals surface area contributed by atoms with Crippen molar-refractivity contribution in [3.05, 3.63) is 41.9 Å². The summed E-state index contributed by atoms with van der Waals surface area (Å²) in [6.45, 7) is -0.710. The fraction of sp³-hybridized carbons (Fsp3) is 0.478. The average Bonchev–Trinajstić information content (AvgIpc) is 3.46. The van der Waals surface area contributed by atoms with Crippen molar-refractivity contribution >= 4 is 17.3 Å². The van der Waals surface area contributed by atoms with Crippen LogP contribution in [0.3, 0.4) is 0 Å². The number of hydrogen-bond acceptors (Lipinski definition) is 6. The van der Waals surface area contributed by atoms with E-state index in [1.807, 2.05) is 0 Å². The van der Waals surface area contributed by atoms with Crippen LogP contribution in [0.4, 0.5) is 8.78 Å². The van der Waals surface area contributed by atoms with Crippen molar-refractivity contribution in [3.8, 4) is 11.6 Å². The highest BCUT2D eigenvalue weighted by Gasteiger charge is 2.30. The lowest BCUT2D eigenvalue weighted by Crippen LogP contribution is -2.39. The Labute approximate surface area is 199 Å². The summed E-state index contributed by atoms with van der Waals surface area (Å²) in [6, 6.07) is 3.42. The van der Waals surface area contributed by atoms with Gasteiger partial charge < -0.3 is 20.5 Å². The van der Waals surface area contributed by atoms with Crippen LogP contribution >= 0.6 is 0 Å². The van der Waals surface area contributed by atoms with Crippen LogP contribution in [0.2, 0.25) is 0 Å². The highest BCUT2D eigenvalue weighted by atomic mass is 19.3. The molecule has 0 unspecified atom stereocenters. The first-order chi connectivity index (χ1) is 16.9. The summed E-state index contributed by atoms with van der Waals surface area (Å²) in [5.41, 5.74) is 6.72. The van der Waals surface area contributed by atoms with E-state index in [4.69, 9.17) is 15.2 Å². The minimum atomic E-state index is -2.57. The quantitative estimate of drug-likeness (QED) is 0.477. The van der Waals surface area contributed by atoms with Crippen molar-refractivity contribution < 1.29 is 27.8 Å². The van der Waals surface area contributed by atoms with Gasteiger partial charge in [-0.15, -0.1) is 5.10 Å². The Balaban J connectivity index is 1.16. The third kappa shape index (κ3) is 5.20. The molecule has 3 aromatic heterocycles. The van der Waals surface area contributed by atoms with Crippen LogP contribution in [0, 0.1) is 0 Å². The number of hydrogen-bond donors (Lipinski definition) is 2. The van der Waals surface area contributed by atoms with Gasteiger partial charge in [-0.2, -0.15) is 5.10 Å². The first-order valence-corrected chi connectivity index (χ1v) is 11.6. The Hall–Kier alpha value is -3.70. The standard InChI is InChI=1S/C23H26F2N6O4/c24-20(25)12-34-16-7-8-19-17(9-27-31(19)10-16)22(33)28-13-1-5-15(6-2-13)35-23-18(21(26)32)11-30(29-23)14-3-4-14/h7-11,13-15,20H,1-6,12H2,(H2,26,32)(H,28,33). The van der Waals surface area contributed by atoms with E-state index in [0.29, 0.717) is 48.4 Å². The van der Waals surface area contributed by atoms with E-state index in [1.165, 1.54) is 23.0 Å². The molecule has 2 saturated carbocycles. The summed E-state index contributed by atoms with van der Waals surface area (Å²) in [5.74, 6) is -0.299. The molecular weight excluding hydrogens is 462 g/mol. The van der Waals surface area contributed by atoms with Gasteiger partial charge >= 0.3 is 0 Å². The van der Waals surface area contributed by atoms with E-state index in [-0.39, 0.29) is 29.7 Å².